The zero-order valence-electron chi connectivity index (χ0n) is 7.74. The lowest BCUT2D eigenvalue weighted by atomic mass is 10.2. The van der Waals surface area contributed by atoms with E-state index in [-0.39, 0.29) is 6.04 Å². The van der Waals surface area contributed by atoms with Crippen LogP contribution in [0.3, 0.4) is 0 Å². The van der Waals surface area contributed by atoms with Gasteiger partial charge in [0.1, 0.15) is 0 Å². The van der Waals surface area contributed by atoms with Crippen molar-refractivity contribution in [1.82, 2.24) is 9.03 Å². The van der Waals surface area contributed by atoms with Crippen molar-refractivity contribution >= 4 is 10.2 Å². The summed E-state index contributed by atoms with van der Waals surface area (Å²) in [4.78, 5) is 0. The number of hydrogen-bond donors (Lipinski definition) is 2. The van der Waals surface area contributed by atoms with Crippen molar-refractivity contribution in [3.8, 4) is 0 Å². The molecule has 5 nitrogen and oxygen atoms in total. The van der Waals surface area contributed by atoms with Crippen molar-refractivity contribution in [1.29, 1.82) is 0 Å². The van der Waals surface area contributed by atoms with E-state index in [4.69, 9.17) is 5.73 Å². The number of hydrogen-bond acceptors (Lipinski definition) is 3. The van der Waals surface area contributed by atoms with E-state index in [1.54, 1.807) is 0 Å². The average Bonchev–Trinajstić information content (AvgIpc) is 2.00. The highest BCUT2D eigenvalue weighted by atomic mass is 32.2. The van der Waals surface area contributed by atoms with Crippen LogP contribution in [0.1, 0.15) is 13.3 Å². The second-order valence-corrected chi connectivity index (χ2v) is 4.78. The zero-order chi connectivity index (χ0) is 9.78. The molecule has 1 unspecified atom stereocenters. The van der Waals surface area contributed by atoms with Gasteiger partial charge in [0, 0.05) is 26.7 Å². The summed E-state index contributed by atoms with van der Waals surface area (Å²) in [7, 11) is -0.357. The van der Waals surface area contributed by atoms with Gasteiger partial charge in [-0.2, -0.15) is 12.7 Å². The standard InChI is InChI=1S/C6H17N3O2S/c1-6(7)4-5-9(3)12(10,11)8-2/h6,8H,4-5,7H2,1-3H3. The van der Waals surface area contributed by atoms with Gasteiger partial charge in [0.05, 0.1) is 0 Å². The molecule has 0 aromatic heterocycles. The van der Waals surface area contributed by atoms with Gasteiger partial charge in [-0.25, -0.2) is 4.72 Å². The Labute approximate surface area is 74.1 Å². The van der Waals surface area contributed by atoms with Crippen LogP contribution in [0.5, 0.6) is 0 Å². The molecule has 0 bridgehead atoms. The Morgan fingerprint density at radius 2 is 2.08 bits per heavy atom. The topological polar surface area (TPSA) is 75.4 Å². The van der Waals surface area contributed by atoms with Gasteiger partial charge in [0.2, 0.25) is 0 Å². The number of nitrogens with two attached hydrogens (primary N) is 1. The third-order valence-corrected chi connectivity index (χ3v) is 3.09. The fourth-order valence-electron chi connectivity index (χ4n) is 0.661. The average molecular weight is 195 g/mol. The van der Waals surface area contributed by atoms with Gasteiger partial charge in [-0.3, -0.25) is 0 Å². The summed E-state index contributed by atoms with van der Waals surface area (Å²) in [6.07, 6.45) is 0.664. The highest BCUT2D eigenvalue weighted by Gasteiger charge is 2.14. The Balaban J connectivity index is 3.96. The quantitative estimate of drug-likeness (QED) is 0.598. The maximum atomic E-state index is 11.1. The SMILES string of the molecule is CNS(=O)(=O)N(C)CCC(C)N. The molecule has 0 rings (SSSR count). The first kappa shape index (κ1) is 11.8. The molecule has 12 heavy (non-hydrogen) atoms. The lowest BCUT2D eigenvalue weighted by Crippen LogP contribution is -2.38. The molecule has 0 aromatic carbocycles. The molecule has 3 N–H and O–H groups in total. The predicted molar refractivity (Wildman–Crippen MR) is 48.9 cm³/mol. The highest BCUT2D eigenvalue weighted by molar-refractivity contribution is 7.87. The third kappa shape index (κ3) is 4.01. The van der Waals surface area contributed by atoms with Crippen molar-refractivity contribution in [3.63, 3.8) is 0 Å². The Morgan fingerprint density at radius 3 is 2.42 bits per heavy atom. The fraction of sp³-hybridized carbons (Fsp3) is 1.00. The second-order valence-electron chi connectivity index (χ2n) is 2.80. The first-order valence-corrected chi connectivity index (χ1v) is 5.24. The number of nitrogens with one attached hydrogen (secondary N) is 1. The summed E-state index contributed by atoms with van der Waals surface area (Å²) in [5.74, 6) is 0. The predicted octanol–water partition coefficient (Wildman–Crippen LogP) is -0.880. The van der Waals surface area contributed by atoms with Crippen LogP contribution >= 0.6 is 0 Å². The molecule has 0 radical (unpaired) electrons. The van der Waals surface area contributed by atoms with E-state index in [0.29, 0.717) is 13.0 Å². The van der Waals surface area contributed by atoms with Crippen LogP contribution < -0.4 is 10.5 Å². The van der Waals surface area contributed by atoms with E-state index in [1.165, 1.54) is 18.4 Å². The second kappa shape index (κ2) is 4.76. The monoisotopic (exact) mass is 195 g/mol. The molecule has 0 saturated heterocycles. The van der Waals surface area contributed by atoms with Crippen LogP contribution in [-0.2, 0) is 10.2 Å². The van der Waals surface area contributed by atoms with Crippen LogP contribution in [0.25, 0.3) is 0 Å². The van der Waals surface area contributed by atoms with Gasteiger partial charge >= 0.3 is 0 Å². The Kier molecular flexibility index (Phi) is 4.69. The van der Waals surface area contributed by atoms with E-state index >= 15 is 0 Å². The minimum Gasteiger partial charge on any atom is -0.328 e. The van der Waals surface area contributed by atoms with Crippen LogP contribution in [0, 0.1) is 0 Å². The van der Waals surface area contributed by atoms with E-state index in [9.17, 15) is 8.42 Å². The summed E-state index contributed by atoms with van der Waals surface area (Å²) in [6, 6.07) is 0.0273. The largest absolute Gasteiger partial charge is 0.328 e. The minimum absolute atomic E-state index is 0.0273. The lowest BCUT2D eigenvalue weighted by Gasteiger charge is -2.16. The smallest absolute Gasteiger partial charge is 0.278 e. The van der Waals surface area contributed by atoms with Crippen molar-refractivity contribution in [2.75, 3.05) is 20.6 Å². The highest BCUT2D eigenvalue weighted by Crippen LogP contribution is 1.96. The molecule has 0 saturated carbocycles. The molecule has 0 aliphatic carbocycles. The molecule has 0 fully saturated rings. The van der Waals surface area contributed by atoms with E-state index in [2.05, 4.69) is 4.72 Å². The maximum absolute atomic E-state index is 11.1. The third-order valence-electron chi connectivity index (χ3n) is 1.57. The summed E-state index contributed by atoms with van der Waals surface area (Å²) in [5, 5.41) is 0. The molecule has 0 spiro atoms. The summed E-state index contributed by atoms with van der Waals surface area (Å²) < 4.78 is 25.6. The molecule has 0 aromatic rings. The number of rotatable bonds is 5. The summed E-state index contributed by atoms with van der Waals surface area (Å²) in [6.45, 7) is 2.29. The van der Waals surface area contributed by atoms with E-state index < -0.39 is 10.2 Å². The molecule has 0 heterocycles. The van der Waals surface area contributed by atoms with Crippen molar-refractivity contribution in [2.45, 2.75) is 19.4 Å². The molecule has 74 valence electrons. The minimum atomic E-state index is -3.27. The van der Waals surface area contributed by atoms with Crippen molar-refractivity contribution < 1.29 is 8.42 Å². The molecule has 1 atom stereocenters. The van der Waals surface area contributed by atoms with Gasteiger partial charge in [-0.05, 0) is 13.3 Å². The molecular formula is C6H17N3O2S. The van der Waals surface area contributed by atoms with Gasteiger partial charge in [-0.1, -0.05) is 0 Å². The van der Waals surface area contributed by atoms with Gasteiger partial charge < -0.3 is 5.73 Å². The first-order chi connectivity index (χ1) is 5.40. The summed E-state index contributed by atoms with van der Waals surface area (Å²) in [5.41, 5.74) is 5.48. The van der Waals surface area contributed by atoms with Crippen LogP contribution in [0.15, 0.2) is 0 Å². The molecule has 0 aliphatic heterocycles. The van der Waals surface area contributed by atoms with Crippen molar-refractivity contribution in [3.05, 3.63) is 0 Å². The Morgan fingerprint density at radius 1 is 1.58 bits per heavy atom. The lowest BCUT2D eigenvalue weighted by molar-refractivity contribution is 0.441. The van der Waals surface area contributed by atoms with Gasteiger partial charge in [-0.15, -0.1) is 0 Å². The number of nitrogens with zero attached hydrogens (tertiary/aromatic N) is 1. The summed E-state index contributed by atoms with van der Waals surface area (Å²) >= 11 is 0. The normalized spacial score (nSPS) is 15.1. The fourth-order valence-corrected chi connectivity index (χ4v) is 1.32. The molecule has 0 amide bonds. The first-order valence-electron chi connectivity index (χ1n) is 3.80. The van der Waals surface area contributed by atoms with Gasteiger partial charge in [0.25, 0.3) is 10.2 Å². The van der Waals surface area contributed by atoms with Crippen molar-refractivity contribution in [2.24, 2.45) is 5.73 Å². The van der Waals surface area contributed by atoms with Gasteiger partial charge in [0.15, 0.2) is 0 Å². The maximum Gasteiger partial charge on any atom is 0.278 e. The molecule has 6 heteroatoms. The Hall–Kier alpha value is -0.170. The van der Waals surface area contributed by atoms with Crippen LogP contribution in [0.4, 0.5) is 0 Å². The Bertz CT molecular complexity index is 213. The van der Waals surface area contributed by atoms with E-state index in [1.807, 2.05) is 6.92 Å². The zero-order valence-corrected chi connectivity index (χ0v) is 8.56. The molecular weight excluding hydrogens is 178 g/mol. The molecule has 0 aliphatic rings. The van der Waals surface area contributed by atoms with E-state index in [0.717, 1.165) is 0 Å². The van der Waals surface area contributed by atoms with Crippen LogP contribution in [0.2, 0.25) is 0 Å². The van der Waals surface area contributed by atoms with Crippen LogP contribution in [-0.4, -0.2) is 39.4 Å².